The SMILES string of the molecule is COc1cc(C#N)ccc1NCc1cscn1. The number of nitrogens with zero attached hydrogens (tertiary/aromatic N) is 2. The molecule has 17 heavy (non-hydrogen) atoms. The Morgan fingerprint density at radius 2 is 2.41 bits per heavy atom. The number of aromatic nitrogens is 1. The van der Waals surface area contributed by atoms with E-state index in [1.807, 2.05) is 11.4 Å². The number of hydrogen-bond acceptors (Lipinski definition) is 5. The molecule has 1 aromatic carbocycles. The number of nitrogens with one attached hydrogen (secondary N) is 1. The fourth-order valence-electron chi connectivity index (χ4n) is 1.42. The smallest absolute Gasteiger partial charge is 0.143 e. The Balaban J connectivity index is 2.13. The Kier molecular flexibility index (Phi) is 3.58. The van der Waals surface area contributed by atoms with Crippen molar-refractivity contribution in [3.63, 3.8) is 0 Å². The third-order valence-corrected chi connectivity index (χ3v) is 2.91. The highest BCUT2D eigenvalue weighted by Gasteiger charge is 2.04. The van der Waals surface area contributed by atoms with Gasteiger partial charge in [0.1, 0.15) is 5.75 Å². The summed E-state index contributed by atoms with van der Waals surface area (Å²) in [5.41, 5.74) is 4.23. The summed E-state index contributed by atoms with van der Waals surface area (Å²) in [4.78, 5) is 4.18. The molecule has 0 atom stereocenters. The van der Waals surface area contributed by atoms with Crippen LogP contribution in [0.4, 0.5) is 5.69 Å². The number of thiazole rings is 1. The zero-order valence-electron chi connectivity index (χ0n) is 9.30. The Morgan fingerprint density at radius 3 is 3.06 bits per heavy atom. The van der Waals surface area contributed by atoms with Gasteiger partial charge >= 0.3 is 0 Å². The molecule has 0 saturated heterocycles. The molecule has 1 N–H and O–H groups in total. The van der Waals surface area contributed by atoms with Crippen molar-refractivity contribution in [2.24, 2.45) is 0 Å². The maximum atomic E-state index is 8.79. The van der Waals surface area contributed by atoms with E-state index in [1.165, 1.54) is 0 Å². The standard InChI is InChI=1S/C12H11N3OS/c1-16-12-4-9(5-13)2-3-11(12)14-6-10-7-17-8-15-10/h2-4,7-8,14H,6H2,1H3. The van der Waals surface area contributed by atoms with Crippen LogP contribution in [0.25, 0.3) is 0 Å². The van der Waals surface area contributed by atoms with E-state index in [-0.39, 0.29) is 0 Å². The van der Waals surface area contributed by atoms with Crippen LogP contribution >= 0.6 is 11.3 Å². The van der Waals surface area contributed by atoms with Crippen LogP contribution in [-0.4, -0.2) is 12.1 Å². The van der Waals surface area contributed by atoms with Crippen molar-refractivity contribution in [1.82, 2.24) is 4.98 Å². The number of rotatable bonds is 4. The van der Waals surface area contributed by atoms with Crippen LogP contribution in [0.5, 0.6) is 5.75 Å². The first-order valence-corrected chi connectivity index (χ1v) is 5.97. The normalized spacial score (nSPS) is 9.65. The highest BCUT2D eigenvalue weighted by Crippen LogP contribution is 2.25. The minimum atomic E-state index is 0.584. The molecule has 0 fully saturated rings. The van der Waals surface area contributed by atoms with Gasteiger partial charge in [-0.05, 0) is 12.1 Å². The maximum Gasteiger partial charge on any atom is 0.143 e. The highest BCUT2D eigenvalue weighted by molar-refractivity contribution is 7.07. The van der Waals surface area contributed by atoms with Crippen molar-refractivity contribution in [1.29, 1.82) is 5.26 Å². The van der Waals surface area contributed by atoms with Gasteiger partial charge in [0.05, 0.1) is 42.2 Å². The number of nitriles is 1. The molecule has 0 unspecified atom stereocenters. The molecule has 0 spiro atoms. The summed E-state index contributed by atoms with van der Waals surface area (Å²) in [6.45, 7) is 0.645. The molecule has 0 aliphatic heterocycles. The molecule has 1 aromatic heterocycles. The Labute approximate surface area is 103 Å². The minimum absolute atomic E-state index is 0.584. The van der Waals surface area contributed by atoms with E-state index >= 15 is 0 Å². The van der Waals surface area contributed by atoms with Crippen LogP contribution in [0.2, 0.25) is 0 Å². The maximum absolute atomic E-state index is 8.79. The Hall–Kier alpha value is -2.06. The van der Waals surface area contributed by atoms with Gasteiger partial charge in [-0.3, -0.25) is 0 Å². The van der Waals surface area contributed by atoms with E-state index < -0.39 is 0 Å². The Morgan fingerprint density at radius 1 is 1.53 bits per heavy atom. The van der Waals surface area contributed by atoms with Gasteiger partial charge in [0.25, 0.3) is 0 Å². The molecular weight excluding hydrogens is 234 g/mol. The third-order valence-electron chi connectivity index (χ3n) is 2.27. The van der Waals surface area contributed by atoms with E-state index in [0.717, 1.165) is 11.4 Å². The summed E-state index contributed by atoms with van der Waals surface area (Å²) in [6.07, 6.45) is 0. The van der Waals surface area contributed by atoms with Gasteiger partial charge in [-0.25, -0.2) is 4.98 Å². The van der Waals surface area contributed by atoms with Crippen molar-refractivity contribution in [3.05, 3.63) is 40.3 Å². The molecule has 2 rings (SSSR count). The molecule has 4 nitrogen and oxygen atoms in total. The molecule has 0 amide bonds. The number of benzene rings is 1. The van der Waals surface area contributed by atoms with Crippen LogP contribution < -0.4 is 10.1 Å². The molecule has 5 heteroatoms. The molecule has 0 aliphatic carbocycles. The van der Waals surface area contributed by atoms with Crippen LogP contribution in [0.3, 0.4) is 0 Å². The number of hydrogen-bond donors (Lipinski definition) is 1. The lowest BCUT2D eigenvalue weighted by Gasteiger charge is -2.10. The molecule has 0 aliphatic rings. The van der Waals surface area contributed by atoms with Crippen molar-refractivity contribution in [2.45, 2.75) is 6.54 Å². The fraction of sp³-hybridized carbons (Fsp3) is 0.167. The second-order valence-electron chi connectivity index (χ2n) is 3.36. The van der Waals surface area contributed by atoms with Crippen molar-refractivity contribution in [3.8, 4) is 11.8 Å². The lowest BCUT2D eigenvalue weighted by molar-refractivity contribution is 0.416. The average Bonchev–Trinajstić information content (AvgIpc) is 2.89. The molecule has 0 bridgehead atoms. The third kappa shape index (κ3) is 2.74. The van der Waals surface area contributed by atoms with Crippen LogP contribution in [0.1, 0.15) is 11.3 Å². The van der Waals surface area contributed by atoms with Crippen molar-refractivity contribution in [2.75, 3.05) is 12.4 Å². The predicted molar refractivity (Wildman–Crippen MR) is 67.1 cm³/mol. The van der Waals surface area contributed by atoms with Crippen LogP contribution in [-0.2, 0) is 6.54 Å². The van der Waals surface area contributed by atoms with E-state index in [4.69, 9.17) is 10.00 Å². The number of ether oxygens (including phenoxy) is 1. The summed E-state index contributed by atoms with van der Waals surface area (Å²) >= 11 is 1.57. The molecule has 0 saturated carbocycles. The second kappa shape index (κ2) is 5.32. The van der Waals surface area contributed by atoms with Crippen molar-refractivity contribution < 1.29 is 4.74 Å². The molecule has 0 radical (unpaired) electrons. The monoisotopic (exact) mass is 245 g/mol. The van der Waals surface area contributed by atoms with Gasteiger partial charge in [0.15, 0.2) is 0 Å². The first-order chi connectivity index (χ1) is 8.33. The summed E-state index contributed by atoms with van der Waals surface area (Å²) in [5, 5.41) is 14.0. The molecule has 2 aromatic rings. The first kappa shape index (κ1) is 11.4. The summed E-state index contributed by atoms with van der Waals surface area (Å²) in [5.74, 6) is 0.666. The van der Waals surface area contributed by atoms with E-state index in [9.17, 15) is 0 Å². The zero-order chi connectivity index (χ0) is 12.1. The zero-order valence-corrected chi connectivity index (χ0v) is 10.1. The molecule has 1 heterocycles. The summed E-state index contributed by atoms with van der Waals surface area (Å²) in [7, 11) is 1.59. The lowest BCUT2D eigenvalue weighted by atomic mass is 10.2. The van der Waals surface area contributed by atoms with Crippen molar-refractivity contribution >= 4 is 17.0 Å². The van der Waals surface area contributed by atoms with E-state index in [1.54, 1.807) is 36.1 Å². The van der Waals surface area contributed by atoms with E-state index in [0.29, 0.717) is 17.9 Å². The predicted octanol–water partition coefficient (Wildman–Crippen LogP) is 2.64. The largest absolute Gasteiger partial charge is 0.495 e. The van der Waals surface area contributed by atoms with Gasteiger partial charge < -0.3 is 10.1 Å². The van der Waals surface area contributed by atoms with Crippen LogP contribution in [0, 0.1) is 11.3 Å². The van der Waals surface area contributed by atoms with Gasteiger partial charge in [-0.2, -0.15) is 5.26 Å². The minimum Gasteiger partial charge on any atom is -0.495 e. The van der Waals surface area contributed by atoms with Crippen LogP contribution in [0.15, 0.2) is 29.1 Å². The van der Waals surface area contributed by atoms with Gasteiger partial charge in [-0.15, -0.1) is 11.3 Å². The molecular formula is C12H11N3OS. The summed E-state index contributed by atoms with van der Waals surface area (Å²) in [6, 6.07) is 7.38. The number of methoxy groups -OCH3 is 1. The molecule has 86 valence electrons. The highest BCUT2D eigenvalue weighted by atomic mass is 32.1. The van der Waals surface area contributed by atoms with Gasteiger partial charge in [0, 0.05) is 11.4 Å². The van der Waals surface area contributed by atoms with Gasteiger partial charge in [0.2, 0.25) is 0 Å². The topological polar surface area (TPSA) is 57.9 Å². The quantitative estimate of drug-likeness (QED) is 0.899. The number of anilines is 1. The average molecular weight is 245 g/mol. The lowest BCUT2D eigenvalue weighted by Crippen LogP contribution is -2.01. The Bertz CT molecular complexity index is 531. The summed E-state index contributed by atoms with van der Waals surface area (Å²) < 4.78 is 5.23. The first-order valence-electron chi connectivity index (χ1n) is 5.02. The van der Waals surface area contributed by atoms with Gasteiger partial charge in [-0.1, -0.05) is 0 Å². The van der Waals surface area contributed by atoms with E-state index in [2.05, 4.69) is 16.4 Å². The second-order valence-corrected chi connectivity index (χ2v) is 4.08. The fourth-order valence-corrected chi connectivity index (χ4v) is 1.98.